The van der Waals surface area contributed by atoms with Gasteiger partial charge in [0.05, 0.1) is 6.07 Å². The topological polar surface area (TPSA) is 81.4 Å². The maximum Gasteiger partial charge on any atom is 0.230 e. The summed E-state index contributed by atoms with van der Waals surface area (Å²) >= 11 is 0. The Hall–Kier alpha value is -1.58. The number of hydrogen-bond acceptors (Lipinski definition) is 4. The first-order valence-corrected chi connectivity index (χ1v) is 8.67. The highest BCUT2D eigenvalue weighted by Crippen LogP contribution is 2.30. The molecule has 1 aliphatic rings. The first-order chi connectivity index (χ1) is 9.98. The zero-order valence-electron chi connectivity index (χ0n) is 12.1. The molecule has 5 nitrogen and oxygen atoms in total. The van der Waals surface area contributed by atoms with Crippen LogP contribution in [0.1, 0.15) is 37.7 Å². The Balaban J connectivity index is 2.03. The standard InChI is InChI=1S/C15H20N2O3S/c1-2-15(11-16)21(19,20)17-9-7-13(8-10-17)12-3-5-14(18)6-4-12/h3-6,13,15,18H,2,7-10H2,1H3. The molecule has 0 saturated carbocycles. The molecule has 2 rings (SSSR count). The number of benzene rings is 1. The summed E-state index contributed by atoms with van der Waals surface area (Å²) in [6.45, 7) is 2.62. The highest BCUT2D eigenvalue weighted by Gasteiger charge is 2.34. The first kappa shape index (κ1) is 15.8. The van der Waals surface area contributed by atoms with E-state index in [0.29, 0.717) is 25.4 Å². The lowest BCUT2D eigenvalue weighted by Gasteiger charge is -2.32. The minimum atomic E-state index is -3.50. The number of phenolic OH excluding ortho intramolecular Hbond substituents is 1. The van der Waals surface area contributed by atoms with Gasteiger partial charge in [-0.15, -0.1) is 0 Å². The molecule has 1 aliphatic heterocycles. The van der Waals surface area contributed by atoms with E-state index >= 15 is 0 Å². The van der Waals surface area contributed by atoms with Gasteiger partial charge in [0, 0.05) is 13.1 Å². The van der Waals surface area contributed by atoms with Crippen LogP contribution < -0.4 is 0 Å². The van der Waals surface area contributed by atoms with Crippen LogP contribution in [0.25, 0.3) is 0 Å². The highest BCUT2D eigenvalue weighted by molar-refractivity contribution is 7.90. The van der Waals surface area contributed by atoms with Gasteiger partial charge in [-0.25, -0.2) is 12.7 Å². The van der Waals surface area contributed by atoms with Gasteiger partial charge in [-0.2, -0.15) is 5.26 Å². The Morgan fingerprint density at radius 1 is 1.33 bits per heavy atom. The molecule has 0 aliphatic carbocycles. The predicted octanol–water partition coefficient (Wildman–Crippen LogP) is 2.20. The van der Waals surface area contributed by atoms with Gasteiger partial charge >= 0.3 is 0 Å². The van der Waals surface area contributed by atoms with Crippen LogP contribution in [0.3, 0.4) is 0 Å². The third-order valence-electron chi connectivity index (χ3n) is 4.05. The van der Waals surface area contributed by atoms with E-state index in [1.54, 1.807) is 19.1 Å². The average molecular weight is 308 g/mol. The van der Waals surface area contributed by atoms with Crippen LogP contribution in [-0.2, 0) is 10.0 Å². The molecule has 1 aromatic carbocycles. The molecule has 0 radical (unpaired) electrons. The second-order valence-electron chi connectivity index (χ2n) is 5.34. The van der Waals surface area contributed by atoms with Crippen LogP contribution in [0.4, 0.5) is 0 Å². The molecule has 0 bridgehead atoms. The summed E-state index contributed by atoms with van der Waals surface area (Å²) in [6.07, 6.45) is 1.80. The second-order valence-corrected chi connectivity index (χ2v) is 7.45. The first-order valence-electron chi connectivity index (χ1n) is 7.16. The third-order valence-corrected chi connectivity index (χ3v) is 6.30. The van der Waals surface area contributed by atoms with Gasteiger partial charge in [-0.3, -0.25) is 0 Å². The van der Waals surface area contributed by atoms with Crippen molar-refractivity contribution in [3.8, 4) is 11.8 Å². The van der Waals surface area contributed by atoms with E-state index in [4.69, 9.17) is 5.26 Å². The zero-order chi connectivity index (χ0) is 15.5. The van der Waals surface area contributed by atoms with E-state index < -0.39 is 15.3 Å². The molecule has 21 heavy (non-hydrogen) atoms. The average Bonchev–Trinajstić information content (AvgIpc) is 2.49. The predicted molar refractivity (Wildman–Crippen MR) is 80.3 cm³/mol. The number of phenols is 1. The minimum absolute atomic E-state index is 0.235. The molecule has 114 valence electrons. The molecule has 1 unspecified atom stereocenters. The van der Waals surface area contributed by atoms with Crippen LogP contribution in [0.2, 0.25) is 0 Å². The van der Waals surface area contributed by atoms with Crippen LogP contribution >= 0.6 is 0 Å². The molecule has 1 heterocycles. The van der Waals surface area contributed by atoms with Gasteiger partial charge in [0.2, 0.25) is 10.0 Å². The Bertz CT molecular complexity index is 611. The number of sulfonamides is 1. The van der Waals surface area contributed by atoms with Crippen molar-refractivity contribution < 1.29 is 13.5 Å². The number of nitrogens with zero attached hydrogens (tertiary/aromatic N) is 2. The summed E-state index contributed by atoms with van der Waals surface area (Å²) in [5.41, 5.74) is 1.12. The van der Waals surface area contributed by atoms with Crippen molar-refractivity contribution in [2.45, 2.75) is 37.4 Å². The van der Waals surface area contributed by atoms with Crippen LogP contribution in [-0.4, -0.2) is 36.2 Å². The number of aromatic hydroxyl groups is 1. The Kier molecular flexibility index (Phi) is 4.86. The molecular weight excluding hydrogens is 288 g/mol. The van der Waals surface area contributed by atoms with Crippen molar-refractivity contribution in [2.24, 2.45) is 0 Å². The summed E-state index contributed by atoms with van der Waals surface area (Å²) in [4.78, 5) is 0. The van der Waals surface area contributed by atoms with E-state index in [0.717, 1.165) is 18.4 Å². The summed E-state index contributed by atoms with van der Waals surface area (Å²) in [7, 11) is -3.50. The third kappa shape index (κ3) is 3.36. The van der Waals surface area contributed by atoms with Gasteiger partial charge in [0.25, 0.3) is 0 Å². The maximum atomic E-state index is 12.3. The molecule has 0 spiro atoms. The molecular formula is C15H20N2O3S. The Morgan fingerprint density at radius 3 is 2.38 bits per heavy atom. The van der Waals surface area contributed by atoms with E-state index in [9.17, 15) is 13.5 Å². The number of hydrogen-bond donors (Lipinski definition) is 1. The van der Waals surface area contributed by atoms with Gasteiger partial charge in [-0.1, -0.05) is 19.1 Å². The molecule has 1 N–H and O–H groups in total. The van der Waals surface area contributed by atoms with Crippen molar-refractivity contribution in [3.63, 3.8) is 0 Å². The van der Waals surface area contributed by atoms with Gasteiger partial charge in [-0.05, 0) is 42.9 Å². The summed E-state index contributed by atoms with van der Waals surface area (Å²) in [5.74, 6) is 0.540. The minimum Gasteiger partial charge on any atom is -0.508 e. The van der Waals surface area contributed by atoms with Crippen molar-refractivity contribution >= 4 is 10.0 Å². The lowest BCUT2D eigenvalue weighted by Crippen LogP contribution is -2.42. The van der Waals surface area contributed by atoms with Crippen molar-refractivity contribution in [1.82, 2.24) is 4.31 Å². The lowest BCUT2D eigenvalue weighted by atomic mass is 9.90. The molecule has 1 saturated heterocycles. The highest BCUT2D eigenvalue weighted by atomic mass is 32.2. The van der Waals surface area contributed by atoms with Crippen LogP contribution in [0.5, 0.6) is 5.75 Å². The maximum absolute atomic E-state index is 12.3. The fourth-order valence-corrected chi connectivity index (χ4v) is 4.37. The summed E-state index contributed by atoms with van der Waals surface area (Å²) in [5, 5.41) is 17.3. The monoisotopic (exact) mass is 308 g/mol. The quantitative estimate of drug-likeness (QED) is 0.924. The summed E-state index contributed by atoms with van der Waals surface area (Å²) < 4.78 is 26.1. The van der Waals surface area contributed by atoms with E-state index in [-0.39, 0.29) is 5.75 Å². The number of nitriles is 1. The fourth-order valence-electron chi connectivity index (χ4n) is 2.74. The Morgan fingerprint density at radius 2 is 1.90 bits per heavy atom. The fraction of sp³-hybridized carbons (Fsp3) is 0.533. The van der Waals surface area contributed by atoms with Crippen LogP contribution in [0.15, 0.2) is 24.3 Å². The van der Waals surface area contributed by atoms with Gasteiger partial charge < -0.3 is 5.11 Å². The Labute approximate surface area is 125 Å². The van der Waals surface area contributed by atoms with E-state index in [1.165, 1.54) is 4.31 Å². The zero-order valence-corrected chi connectivity index (χ0v) is 12.9. The van der Waals surface area contributed by atoms with Crippen LogP contribution in [0, 0.1) is 11.3 Å². The SMILES string of the molecule is CCC(C#N)S(=O)(=O)N1CCC(c2ccc(O)cc2)CC1. The lowest BCUT2D eigenvalue weighted by molar-refractivity contribution is 0.317. The van der Waals surface area contributed by atoms with E-state index in [2.05, 4.69) is 0 Å². The van der Waals surface area contributed by atoms with Crippen molar-refractivity contribution in [3.05, 3.63) is 29.8 Å². The van der Waals surface area contributed by atoms with Gasteiger partial charge in [0.15, 0.2) is 5.25 Å². The van der Waals surface area contributed by atoms with E-state index in [1.807, 2.05) is 18.2 Å². The molecule has 1 aromatic rings. The van der Waals surface area contributed by atoms with Gasteiger partial charge in [0.1, 0.15) is 5.75 Å². The molecule has 6 heteroatoms. The molecule has 1 fully saturated rings. The smallest absolute Gasteiger partial charge is 0.230 e. The van der Waals surface area contributed by atoms with Crippen molar-refractivity contribution in [2.75, 3.05) is 13.1 Å². The molecule has 1 atom stereocenters. The second kappa shape index (κ2) is 6.46. The van der Waals surface area contributed by atoms with Crippen molar-refractivity contribution in [1.29, 1.82) is 5.26 Å². The molecule has 0 amide bonds. The number of piperidine rings is 1. The largest absolute Gasteiger partial charge is 0.508 e. The normalized spacial score (nSPS) is 19.0. The number of rotatable bonds is 4. The summed E-state index contributed by atoms with van der Waals surface area (Å²) in [6, 6.07) is 8.96. The molecule has 0 aromatic heterocycles.